The first-order chi connectivity index (χ1) is 25.3. The minimum atomic E-state index is 0.537. The molecule has 0 saturated heterocycles. The van der Waals surface area contributed by atoms with E-state index in [0.717, 1.165) is 87.9 Å². The number of benzene rings is 6. The van der Waals surface area contributed by atoms with Crippen molar-refractivity contribution >= 4 is 65.7 Å². The van der Waals surface area contributed by atoms with E-state index < -0.39 is 0 Å². The maximum Gasteiger partial charge on any atom is 0.238 e. The zero-order valence-electron chi connectivity index (χ0n) is 27.0. The summed E-state index contributed by atoms with van der Waals surface area (Å²) >= 11 is 0. The van der Waals surface area contributed by atoms with Crippen molar-refractivity contribution in [1.82, 2.24) is 24.5 Å². The number of pyridine rings is 1. The van der Waals surface area contributed by atoms with Gasteiger partial charge in [0.2, 0.25) is 5.95 Å². The Hall–Kier alpha value is -7.12. The number of aromatic nitrogens is 5. The van der Waals surface area contributed by atoms with Crippen molar-refractivity contribution in [1.29, 1.82) is 0 Å². The fraction of sp³-hybridized carbons (Fsp3) is 0. The summed E-state index contributed by atoms with van der Waals surface area (Å²) in [5.41, 5.74) is 8.93. The van der Waals surface area contributed by atoms with Gasteiger partial charge in [0.05, 0.1) is 17.2 Å². The number of fused-ring (bicyclic) bond motifs is 9. The summed E-state index contributed by atoms with van der Waals surface area (Å²) in [6.07, 6.45) is 3.56. The second kappa shape index (κ2) is 10.7. The summed E-state index contributed by atoms with van der Waals surface area (Å²) in [5, 5.41) is 6.34. The Morgan fingerprint density at radius 1 is 0.451 bits per heavy atom. The highest BCUT2D eigenvalue weighted by atomic mass is 16.3. The Balaban J connectivity index is 1.18. The molecule has 7 heteroatoms. The van der Waals surface area contributed by atoms with E-state index in [-0.39, 0.29) is 0 Å². The van der Waals surface area contributed by atoms with Gasteiger partial charge in [0.25, 0.3) is 0 Å². The fourth-order valence-corrected chi connectivity index (χ4v) is 7.52. The van der Waals surface area contributed by atoms with Crippen LogP contribution in [0.1, 0.15) is 0 Å². The molecule has 11 aromatic rings. The molecule has 0 aliphatic rings. The standard InChI is InChI=1S/C44H25N5O2/c1-4-18-35-29(12-1)30-13-2-5-19-36(30)49(35)44-47-42(46-43(48-44)34-17-9-21-38-40(34)33-14-3-6-20-37(33)50-38)27-11-7-10-26(24-27)28-15-8-16-32-31-22-23-45-25-39(31)51-41(28)32/h1-25H. The highest BCUT2D eigenvalue weighted by Gasteiger charge is 2.21. The van der Waals surface area contributed by atoms with E-state index >= 15 is 0 Å². The first-order valence-electron chi connectivity index (χ1n) is 16.8. The lowest BCUT2D eigenvalue weighted by Crippen LogP contribution is -2.06. The molecule has 5 aromatic heterocycles. The van der Waals surface area contributed by atoms with Gasteiger partial charge >= 0.3 is 0 Å². The van der Waals surface area contributed by atoms with Gasteiger partial charge in [-0.1, -0.05) is 103 Å². The predicted molar refractivity (Wildman–Crippen MR) is 203 cm³/mol. The topological polar surface area (TPSA) is 82.8 Å². The molecule has 0 N–H and O–H groups in total. The summed E-state index contributed by atoms with van der Waals surface area (Å²) < 4.78 is 14.8. The van der Waals surface area contributed by atoms with E-state index in [4.69, 9.17) is 23.8 Å². The van der Waals surface area contributed by atoms with Crippen LogP contribution in [-0.2, 0) is 0 Å². The van der Waals surface area contributed by atoms with Crippen molar-refractivity contribution in [3.05, 3.63) is 152 Å². The molecule has 51 heavy (non-hydrogen) atoms. The Labute approximate surface area is 290 Å². The minimum Gasteiger partial charge on any atom is -0.456 e. The second-order valence-corrected chi connectivity index (χ2v) is 12.7. The molecule has 0 bridgehead atoms. The average Bonchev–Trinajstić information content (AvgIpc) is 3.87. The highest BCUT2D eigenvalue weighted by Crippen LogP contribution is 2.39. The molecule has 0 saturated carbocycles. The molecule has 0 spiro atoms. The van der Waals surface area contributed by atoms with Crippen LogP contribution >= 0.6 is 0 Å². The largest absolute Gasteiger partial charge is 0.456 e. The summed E-state index contributed by atoms with van der Waals surface area (Å²) in [5.74, 6) is 1.66. The molecule has 6 aromatic carbocycles. The average molecular weight is 656 g/mol. The molecule has 5 heterocycles. The first kappa shape index (κ1) is 27.8. The number of nitrogens with zero attached hydrogens (tertiary/aromatic N) is 5. The Morgan fingerprint density at radius 2 is 1.12 bits per heavy atom. The summed E-state index contributed by atoms with van der Waals surface area (Å²) in [6.45, 7) is 0. The third-order valence-electron chi connectivity index (χ3n) is 9.78. The zero-order chi connectivity index (χ0) is 33.5. The van der Waals surface area contributed by atoms with E-state index in [1.807, 2.05) is 42.5 Å². The van der Waals surface area contributed by atoms with Crippen LogP contribution in [0.15, 0.2) is 161 Å². The maximum atomic E-state index is 6.36. The number of furan rings is 2. The maximum absolute atomic E-state index is 6.36. The number of rotatable bonds is 4. The van der Waals surface area contributed by atoms with E-state index in [1.54, 1.807) is 12.4 Å². The fourth-order valence-electron chi connectivity index (χ4n) is 7.52. The lowest BCUT2D eigenvalue weighted by molar-refractivity contribution is 0.668. The van der Waals surface area contributed by atoms with Gasteiger partial charge < -0.3 is 8.83 Å². The van der Waals surface area contributed by atoms with E-state index in [9.17, 15) is 0 Å². The van der Waals surface area contributed by atoms with Crippen LogP contribution in [0.4, 0.5) is 0 Å². The number of para-hydroxylation sites is 4. The van der Waals surface area contributed by atoms with Crippen molar-refractivity contribution in [2.45, 2.75) is 0 Å². The molecule has 0 radical (unpaired) electrons. The smallest absolute Gasteiger partial charge is 0.238 e. The SMILES string of the molecule is c1cc(-c2nc(-c3cccc4oc5ccccc5c34)nc(-n3c4ccccc4c4ccccc43)n2)cc(-c2cccc3c2oc2cnccc23)c1. The third-order valence-corrected chi connectivity index (χ3v) is 9.78. The van der Waals surface area contributed by atoms with Gasteiger partial charge in [0.15, 0.2) is 17.2 Å². The number of hydrogen-bond donors (Lipinski definition) is 0. The van der Waals surface area contributed by atoms with Crippen LogP contribution in [0.5, 0.6) is 0 Å². The lowest BCUT2D eigenvalue weighted by atomic mass is 10.0. The van der Waals surface area contributed by atoms with Crippen molar-refractivity contribution in [3.8, 4) is 39.9 Å². The summed E-state index contributed by atoms with van der Waals surface area (Å²) in [4.78, 5) is 19.9. The lowest BCUT2D eigenvalue weighted by Gasteiger charge is -2.12. The van der Waals surface area contributed by atoms with Gasteiger partial charge in [-0.3, -0.25) is 9.55 Å². The third kappa shape index (κ3) is 4.18. The monoisotopic (exact) mass is 655 g/mol. The zero-order valence-corrected chi connectivity index (χ0v) is 27.0. The summed E-state index contributed by atoms with van der Waals surface area (Å²) in [7, 11) is 0. The van der Waals surface area contributed by atoms with Gasteiger partial charge in [-0.15, -0.1) is 0 Å². The van der Waals surface area contributed by atoms with Gasteiger partial charge in [-0.2, -0.15) is 9.97 Å². The molecule has 0 atom stereocenters. The molecular weight excluding hydrogens is 631 g/mol. The molecule has 0 fully saturated rings. The Bertz CT molecular complexity index is 3120. The molecule has 11 rings (SSSR count). The van der Waals surface area contributed by atoms with Gasteiger partial charge in [-0.25, -0.2) is 4.98 Å². The van der Waals surface area contributed by atoms with E-state index in [1.165, 1.54) is 0 Å². The first-order valence-corrected chi connectivity index (χ1v) is 16.8. The van der Waals surface area contributed by atoms with Gasteiger partial charge in [-0.05, 0) is 42.0 Å². The van der Waals surface area contributed by atoms with Crippen LogP contribution in [0.3, 0.4) is 0 Å². The summed E-state index contributed by atoms with van der Waals surface area (Å²) in [6, 6.07) is 47.5. The van der Waals surface area contributed by atoms with Crippen LogP contribution < -0.4 is 0 Å². The highest BCUT2D eigenvalue weighted by molar-refractivity contribution is 6.12. The second-order valence-electron chi connectivity index (χ2n) is 12.7. The molecule has 0 amide bonds. The number of hydrogen-bond acceptors (Lipinski definition) is 6. The Morgan fingerprint density at radius 3 is 1.98 bits per heavy atom. The quantitative estimate of drug-likeness (QED) is 0.188. The van der Waals surface area contributed by atoms with Crippen LogP contribution in [-0.4, -0.2) is 24.5 Å². The van der Waals surface area contributed by atoms with Crippen molar-refractivity contribution < 1.29 is 8.83 Å². The van der Waals surface area contributed by atoms with E-state index in [2.05, 4.69) is 107 Å². The van der Waals surface area contributed by atoms with Crippen LogP contribution in [0.2, 0.25) is 0 Å². The molecular formula is C44H25N5O2. The molecule has 0 unspecified atom stereocenters. The normalized spacial score (nSPS) is 11.9. The molecule has 0 aliphatic heterocycles. The predicted octanol–water partition coefficient (Wildman–Crippen LogP) is 11.2. The molecule has 0 aliphatic carbocycles. The minimum absolute atomic E-state index is 0.537. The van der Waals surface area contributed by atoms with Crippen molar-refractivity contribution in [2.75, 3.05) is 0 Å². The van der Waals surface area contributed by atoms with Gasteiger partial charge in [0.1, 0.15) is 16.7 Å². The van der Waals surface area contributed by atoms with Crippen LogP contribution in [0.25, 0.3) is 106 Å². The molecule has 7 nitrogen and oxygen atoms in total. The van der Waals surface area contributed by atoms with Gasteiger partial charge in [0, 0.05) is 55.2 Å². The van der Waals surface area contributed by atoms with Crippen LogP contribution in [0, 0.1) is 0 Å². The Kier molecular flexibility index (Phi) is 5.83. The van der Waals surface area contributed by atoms with Crippen molar-refractivity contribution in [3.63, 3.8) is 0 Å². The molecule has 238 valence electrons. The van der Waals surface area contributed by atoms with E-state index in [0.29, 0.717) is 17.6 Å². The van der Waals surface area contributed by atoms with Crippen molar-refractivity contribution in [2.24, 2.45) is 0 Å².